The van der Waals surface area contributed by atoms with E-state index in [1.807, 2.05) is 13.8 Å². The maximum atomic E-state index is 13.1. The second-order valence-corrected chi connectivity index (χ2v) is 24.5. The summed E-state index contributed by atoms with van der Waals surface area (Å²) in [6.07, 6.45) is -5.38. The zero-order valence-electron chi connectivity index (χ0n) is 35.2. The molecule has 64 heavy (non-hydrogen) atoms. The van der Waals surface area contributed by atoms with Crippen LogP contribution in [0.1, 0.15) is 39.1 Å². The van der Waals surface area contributed by atoms with Crippen LogP contribution in [-0.4, -0.2) is 142 Å². The SMILES string of the molecule is CCCNc1ncnc2c1ncn2[C@@H]1O[C@H](COP(=O)(S)OP(=O)(O)C(Cl)P(=O)(O)OP(O)(=S)OC[C@H]2O[C@@H](n3cnc4c(NCCC)ncnc43)[C@H](O)[C@@H]2O)[C@@H](O)[C@H]1O.[Na+].[Na+].[Na+].[Na+]. The minimum Gasteiger partial charge on any atom is -0.387 e. The summed E-state index contributed by atoms with van der Waals surface area (Å²) in [4.78, 5) is 53.8. The molecule has 13 atom stereocenters. The maximum absolute atomic E-state index is 13.1. The molecule has 5 unspecified atom stereocenters. The van der Waals surface area contributed by atoms with Crippen LogP contribution in [0.5, 0.6) is 0 Å². The number of ether oxygens (including phenoxy) is 2. The maximum Gasteiger partial charge on any atom is 1.00 e. The number of imidazole rings is 2. The molecule has 6 heterocycles. The van der Waals surface area contributed by atoms with Crippen molar-refractivity contribution in [3.8, 4) is 0 Å². The van der Waals surface area contributed by atoms with Gasteiger partial charge in [0.05, 0.1) is 25.9 Å². The zero-order chi connectivity index (χ0) is 43.8. The Balaban J connectivity index is 0.00000352. The molecule has 4 aromatic heterocycles. The first-order chi connectivity index (χ1) is 28.2. The summed E-state index contributed by atoms with van der Waals surface area (Å²) in [7, 11) is -11.5. The Morgan fingerprint density at radius 3 is 1.55 bits per heavy atom. The van der Waals surface area contributed by atoms with Crippen molar-refractivity contribution in [2.45, 2.75) is 80.6 Å². The fraction of sp³-hybridized carbons (Fsp3) is 0.630. The Morgan fingerprint density at radius 2 is 1.12 bits per heavy atom. The molecule has 0 aromatic carbocycles. The minimum atomic E-state index is -5.76. The Hall–Kier alpha value is 2.16. The fourth-order valence-electron chi connectivity index (χ4n) is 5.96. The van der Waals surface area contributed by atoms with E-state index >= 15 is 0 Å². The molecule has 4 aromatic rings. The number of alkyl halides is 1. The van der Waals surface area contributed by atoms with Gasteiger partial charge in [0.2, 0.25) is 4.86 Å². The van der Waals surface area contributed by atoms with Gasteiger partial charge in [0.25, 0.3) is 0 Å². The van der Waals surface area contributed by atoms with E-state index in [9.17, 15) is 48.8 Å². The third kappa shape index (κ3) is 14.7. The van der Waals surface area contributed by atoms with E-state index < -0.39 is 95.9 Å². The molecule has 334 valence electrons. The van der Waals surface area contributed by atoms with Crippen molar-refractivity contribution in [2.75, 3.05) is 36.9 Å². The molecule has 2 saturated heterocycles. The molecule has 2 aliphatic rings. The average molecular weight is 1080 g/mol. The molecule has 6 rings (SSSR count). The molecule has 0 spiro atoms. The van der Waals surface area contributed by atoms with Crippen molar-refractivity contribution in [3.63, 3.8) is 0 Å². The summed E-state index contributed by atoms with van der Waals surface area (Å²) in [6.45, 7) is -6.56. The number of thiol groups is 1. The molecule has 0 bridgehead atoms. The second kappa shape index (κ2) is 26.2. The summed E-state index contributed by atoms with van der Waals surface area (Å²) in [6, 6.07) is 0. The first-order valence-corrected chi connectivity index (χ1v) is 26.7. The standard InChI is InChI=1S/C27H41ClN10O16P4S2.4Na/c1-3-5-29-21-15-23(33-9-31-21)37(11-35-15)25-19(41)17(39)13(51-25)7-49-57(47,59)53-55(43,44)27(28)56(45,46)54-58(48,60)50-8-14-18(40)20(42)26(52-14)38-12-36-16-22(30-6-4-2)32-10-34-24(16)38;;;;/h9-14,17-20,25-27,39-42H,3-8H2,1-2H3,(H,43,44)(H,45,46)(H,47,59)(H,48,60)(H,29,31,33)(H,30,32,34);;;;/q;4*+1/t13-,14-,17-,18-,19-,20-,25-,26-,27?,57?,58?;;;;/m1..../s1. The number of aliphatic hydroxyl groups excluding tert-OH is 4. The number of fused-ring (bicyclic) bond motifs is 2. The number of hydrogen-bond acceptors (Lipinski definition) is 22. The summed E-state index contributed by atoms with van der Waals surface area (Å²) in [5.74, 6) is 0.830. The number of aromatic nitrogens is 8. The minimum absolute atomic E-state index is 0. The van der Waals surface area contributed by atoms with Crippen LogP contribution in [0.15, 0.2) is 25.3 Å². The molecule has 2 aliphatic heterocycles. The van der Waals surface area contributed by atoms with Crippen molar-refractivity contribution < 1.29 is 194 Å². The van der Waals surface area contributed by atoms with Gasteiger partial charge in [0, 0.05) is 13.1 Å². The molecular formula is C27H41ClN10Na4O16P4S2+4. The number of rotatable bonds is 20. The topological polar surface area (TPSA) is 359 Å². The number of aliphatic hydroxyl groups is 4. The van der Waals surface area contributed by atoms with Gasteiger partial charge in [-0.25, -0.2) is 43.1 Å². The first kappa shape index (κ1) is 62.3. The Morgan fingerprint density at radius 1 is 0.719 bits per heavy atom. The van der Waals surface area contributed by atoms with Crippen molar-refractivity contribution in [3.05, 3.63) is 25.3 Å². The van der Waals surface area contributed by atoms with Gasteiger partial charge < -0.3 is 59.7 Å². The molecule has 0 radical (unpaired) electrons. The molecule has 26 nitrogen and oxygen atoms in total. The van der Waals surface area contributed by atoms with Gasteiger partial charge in [0.15, 0.2) is 46.4 Å². The van der Waals surface area contributed by atoms with E-state index in [1.165, 1.54) is 34.4 Å². The number of anilines is 2. The van der Waals surface area contributed by atoms with Gasteiger partial charge in [-0.15, -0.1) is 0 Å². The van der Waals surface area contributed by atoms with E-state index in [1.54, 1.807) is 0 Å². The summed E-state index contributed by atoms with van der Waals surface area (Å²) < 4.78 is 72.5. The van der Waals surface area contributed by atoms with Gasteiger partial charge in [-0.2, -0.15) is 0 Å². The number of halogens is 1. The Labute approximate surface area is 468 Å². The van der Waals surface area contributed by atoms with Gasteiger partial charge in [-0.3, -0.25) is 22.8 Å². The van der Waals surface area contributed by atoms with Gasteiger partial charge in [-0.05, 0) is 24.6 Å². The second-order valence-electron chi connectivity index (χ2n) is 13.2. The van der Waals surface area contributed by atoms with E-state index in [0.29, 0.717) is 35.8 Å². The normalized spacial score (nSPS) is 27.4. The molecule has 0 amide bonds. The van der Waals surface area contributed by atoms with Crippen molar-refractivity contribution in [1.82, 2.24) is 39.0 Å². The van der Waals surface area contributed by atoms with Gasteiger partial charge >= 0.3 is 147 Å². The van der Waals surface area contributed by atoms with Crippen LogP contribution >= 0.6 is 52.6 Å². The predicted molar refractivity (Wildman–Crippen MR) is 217 cm³/mol. The van der Waals surface area contributed by atoms with Crippen molar-refractivity contribution >= 4 is 98.3 Å². The van der Waals surface area contributed by atoms with Gasteiger partial charge in [-0.1, -0.05) is 37.7 Å². The number of hydrogen-bond donors (Lipinski definition) is 10. The van der Waals surface area contributed by atoms with E-state index in [4.69, 9.17) is 41.9 Å². The zero-order valence-corrected chi connectivity index (χ0v) is 49.2. The van der Waals surface area contributed by atoms with Crippen LogP contribution in [0.3, 0.4) is 0 Å². The quantitative estimate of drug-likeness (QED) is 0.0170. The molecular weight excluding hydrogens is 1040 g/mol. The fourth-order valence-corrected chi connectivity index (χ4v) is 15.1. The first-order valence-electron chi connectivity index (χ1n) is 17.7. The Kier molecular flexibility index (Phi) is 25.5. The van der Waals surface area contributed by atoms with E-state index in [0.717, 1.165) is 12.8 Å². The third-order valence-corrected chi connectivity index (χ3v) is 19.5. The molecule has 37 heteroatoms. The van der Waals surface area contributed by atoms with E-state index in [2.05, 4.69) is 61.4 Å². The van der Waals surface area contributed by atoms with Crippen LogP contribution < -0.4 is 129 Å². The van der Waals surface area contributed by atoms with Crippen LogP contribution in [0.4, 0.5) is 11.6 Å². The smallest absolute Gasteiger partial charge is 0.387 e. The van der Waals surface area contributed by atoms with Crippen LogP contribution in [0, 0.1) is 0 Å². The average Bonchev–Trinajstić information content (AvgIpc) is 3.95. The molecule has 0 aliphatic carbocycles. The molecule has 0 saturated carbocycles. The molecule has 2 fully saturated rings. The van der Waals surface area contributed by atoms with Crippen molar-refractivity contribution in [2.24, 2.45) is 0 Å². The number of nitrogens with zero attached hydrogens (tertiary/aromatic N) is 8. The summed E-state index contributed by atoms with van der Waals surface area (Å²) >= 11 is 14.2. The van der Waals surface area contributed by atoms with Crippen LogP contribution in [0.2, 0.25) is 0 Å². The summed E-state index contributed by atoms with van der Waals surface area (Å²) in [5.41, 5.74) is 1.15. The Bertz CT molecular complexity index is 2220. The molecule has 9 N–H and O–H groups in total. The number of nitrogens with one attached hydrogen (secondary N) is 2. The third-order valence-electron chi connectivity index (χ3n) is 8.81. The van der Waals surface area contributed by atoms with E-state index in [-0.39, 0.29) is 130 Å². The monoisotopic (exact) mass is 1080 g/mol. The largest absolute Gasteiger partial charge is 1.00 e. The van der Waals surface area contributed by atoms with Crippen LogP contribution in [0.25, 0.3) is 22.3 Å². The van der Waals surface area contributed by atoms with Crippen LogP contribution in [-0.2, 0) is 52.6 Å². The predicted octanol–water partition coefficient (Wildman–Crippen LogP) is -10.2. The van der Waals surface area contributed by atoms with Crippen molar-refractivity contribution in [1.29, 1.82) is 0 Å². The van der Waals surface area contributed by atoms with Gasteiger partial charge in [0.1, 0.15) is 49.3 Å². The summed E-state index contributed by atoms with van der Waals surface area (Å²) in [5, 5.41) is 49.1.